The number of carbonyl (C=O) groups is 1. The first-order valence-corrected chi connectivity index (χ1v) is 8.48. The molecule has 144 valence electrons. The molecule has 7 heteroatoms. The summed E-state index contributed by atoms with van der Waals surface area (Å²) in [6.45, 7) is 2.19. The Morgan fingerprint density at radius 1 is 1.00 bits per heavy atom. The molecule has 0 unspecified atom stereocenters. The summed E-state index contributed by atoms with van der Waals surface area (Å²) in [5.74, 6) is -0.889. The summed E-state index contributed by atoms with van der Waals surface area (Å²) >= 11 is 0. The number of benzene rings is 2. The Morgan fingerprint density at radius 2 is 1.68 bits per heavy atom. The molecule has 3 rings (SSSR count). The van der Waals surface area contributed by atoms with Gasteiger partial charge in [0, 0.05) is 6.20 Å². The molecular formula is C21H17F3N2O2. The highest BCUT2D eigenvalue weighted by molar-refractivity contribution is 6.04. The van der Waals surface area contributed by atoms with Crippen molar-refractivity contribution in [3.63, 3.8) is 0 Å². The molecule has 0 aliphatic heterocycles. The van der Waals surface area contributed by atoms with Crippen LogP contribution in [-0.4, -0.2) is 10.5 Å². The Kier molecular flexibility index (Phi) is 5.35. The third kappa shape index (κ3) is 4.31. The van der Waals surface area contributed by atoms with Crippen LogP contribution in [0.3, 0.4) is 0 Å². The molecule has 0 saturated heterocycles. The van der Waals surface area contributed by atoms with Crippen molar-refractivity contribution in [3.8, 4) is 0 Å². The lowest BCUT2D eigenvalue weighted by Crippen LogP contribution is -2.29. The van der Waals surface area contributed by atoms with Gasteiger partial charge in [0.05, 0.1) is 17.8 Å². The Labute approximate surface area is 159 Å². The van der Waals surface area contributed by atoms with E-state index in [0.717, 1.165) is 23.3 Å². The number of alkyl halides is 3. The molecule has 2 aromatic carbocycles. The van der Waals surface area contributed by atoms with Crippen LogP contribution in [0.4, 0.5) is 18.9 Å². The molecule has 0 aliphatic carbocycles. The largest absolute Gasteiger partial charge is 0.418 e. The molecule has 1 heterocycles. The van der Waals surface area contributed by atoms with Crippen molar-refractivity contribution in [1.29, 1.82) is 0 Å². The third-order valence-electron chi connectivity index (χ3n) is 4.22. The molecule has 1 aromatic heterocycles. The minimum atomic E-state index is -4.62. The fourth-order valence-corrected chi connectivity index (χ4v) is 2.75. The lowest BCUT2D eigenvalue weighted by molar-refractivity contribution is -0.136. The van der Waals surface area contributed by atoms with E-state index in [1.54, 1.807) is 0 Å². The van der Waals surface area contributed by atoms with Crippen LogP contribution in [0.5, 0.6) is 0 Å². The number of anilines is 1. The number of halogens is 3. The lowest BCUT2D eigenvalue weighted by atomic mass is 10.1. The van der Waals surface area contributed by atoms with Gasteiger partial charge in [0.15, 0.2) is 0 Å². The van der Waals surface area contributed by atoms with Gasteiger partial charge in [-0.25, -0.2) is 0 Å². The first-order chi connectivity index (χ1) is 13.3. The summed E-state index contributed by atoms with van der Waals surface area (Å²) in [6.07, 6.45) is -3.09. The third-order valence-corrected chi connectivity index (χ3v) is 4.22. The maximum absolute atomic E-state index is 13.1. The zero-order valence-corrected chi connectivity index (χ0v) is 15.0. The highest BCUT2D eigenvalue weighted by atomic mass is 19.4. The minimum Gasteiger partial charge on any atom is -0.321 e. The van der Waals surface area contributed by atoms with Gasteiger partial charge in [-0.1, -0.05) is 42.0 Å². The van der Waals surface area contributed by atoms with Crippen molar-refractivity contribution >= 4 is 11.6 Å². The van der Waals surface area contributed by atoms with Gasteiger partial charge in [-0.2, -0.15) is 13.2 Å². The van der Waals surface area contributed by atoms with E-state index in [2.05, 4.69) is 5.32 Å². The van der Waals surface area contributed by atoms with Crippen molar-refractivity contribution in [3.05, 3.63) is 99.5 Å². The smallest absolute Gasteiger partial charge is 0.321 e. The number of nitrogens with one attached hydrogen (secondary N) is 1. The summed E-state index contributed by atoms with van der Waals surface area (Å²) in [7, 11) is 0. The van der Waals surface area contributed by atoms with Gasteiger partial charge in [0.2, 0.25) is 0 Å². The maximum atomic E-state index is 13.1. The zero-order chi connectivity index (χ0) is 20.3. The van der Waals surface area contributed by atoms with Crippen LogP contribution in [0.25, 0.3) is 0 Å². The van der Waals surface area contributed by atoms with Crippen LogP contribution in [0, 0.1) is 6.92 Å². The molecule has 4 nitrogen and oxygen atoms in total. The molecule has 1 amide bonds. The molecule has 0 bridgehead atoms. The van der Waals surface area contributed by atoms with E-state index >= 15 is 0 Å². The van der Waals surface area contributed by atoms with E-state index in [0.29, 0.717) is 0 Å². The topological polar surface area (TPSA) is 51.1 Å². The van der Waals surface area contributed by atoms with Gasteiger partial charge in [0.25, 0.3) is 11.5 Å². The van der Waals surface area contributed by atoms with Gasteiger partial charge in [0.1, 0.15) is 5.56 Å². The van der Waals surface area contributed by atoms with E-state index in [-0.39, 0.29) is 12.1 Å². The number of para-hydroxylation sites is 1. The molecule has 0 aliphatic rings. The predicted octanol–water partition coefficient (Wildman–Crippen LogP) is 4.48. The molecule has 0 spiro atoms. The highest BCUT2D eigenvalue weighted by Gasteiger charge is 2.33. The molecule has 3 aromatic rings. The van der Waals surface area contributed by atoms with Crippen LogP contribution in [-0.2, 0) is 12.7 Å². The summed E-state index contributed by atoms with van der Waals surface area (Å²) < 4.78 is 40.6. The fraction of sp³-hybridized carbons (Fsp3) is 0.143. The normalized spacial score (nSPS) is 11.3. The molecule has 0 saturated carbocycles. The van der Waals surface area contributed by atoms with Gasteiger partial charge in [-0.05, 0) is 36.8 Å². The second-order valence-corrected chi connectivity index (χ2v) is 6.34. The van der Waals surface area contributed by atoms with E-state index in [9.17, 15) is 22.8 Å². The van der Waals surface area contributed by atoms with Crippen molar-refractivity contribution in [2.75, 3.05) is 5.32 Å². The summed E-state index contributed by atoms with van der Waals surface area (Å²) in [5.41, 5.74) is -0.232. The van der Waals surface area contributed by atoms with E-state index < -0.39 is 28.9 Å². The van der Waals surface area contributed by atoms with Crippen LogP contribution in [0.2, 0.25) is 0 Å². The number of hydrogen-bond acceptors (Lipinski definition) is 2. The molecule has 28 heavy (non-hydrogen) atoms. The van der Waals surface area contributed by atoms with E-state index in [1.165, 1.54) is 35.0 Å². The number of nitrogens with zero attached hydrogens (tertiary/aromatic N) is 1. The number of rotatable bonds is 4. The average molecular weight is 386 g/mol. The van der Waals surface area contributed by atoms with Crippen molar-refractivity contribution < 1.29 is 18.0 Å². The fourth-order valence-electron chi connectivity index (χ4n) is 2.75. The van der Waals surface area contributed by atoms with Crippen molar-refractivity contribution in [2.45, 2.75) is 19.6 Å². The average Bonchev–Trinajstić information content (AvgIpc) is 2.64. The standard InChI is InChI=1S/C21H17F3N2O2/c1-14-8-10-15(11-9-14)13-26-12-4-5-16(20(26)28)19(27)25-18-7-3-2-6-17(18)21(22,23)24/h2-12H,13H2,1H3,(H,25,27). The first-order valence-electron chi connectivity index (χ1n) is 8.48. The Morgan fingerprint density at radius 3 is 2.36 bits per heavy atom. The Balaban J connectivity index is 1.88. The van der Waals surface area contributed by atoms with Crippen LogP contribution < -0.4 is 10.9 Å². The summed E-state index contributed by atoms with van der Waals surface area (Å²) in [6, 6.07) is 15.0. The molecule has 1 N–H and O–H groups in total. The predicted molar refractivity (Wildman–Crippen MR) is 100 cm³/mol. The zero-order valence-electron chi connectivity index (χ0n) is 15.0. The SMILES string of the molecule is Cc1ccc(Cn2cccc(C(=O)Nc3ccccc3C(F)(F)F)c2=O)cc1. The van der Waals surface area contributed by atoms with Gasteiger partial charge in [-0.15, -0.1) is 0 Å². The van der Waals surface area contributed by atoms with Crippen LogP contribution in [0.1, 0.15) is 27.0 Å². The monoisotopic (exact) mass is 386 g/mol. The Bertz CT molecular complexity index is 1050. The lowest BCUT2D eigenvalue weighted by Gasteiger charge is -2.14. The second kappa shape index (κ2) is 7.72. The van der Waals surface area contributed by atoms with Gasteiger partial charge in [-0.3, -0.25) is 9.59 Å². The highest BCUT2D eigenvalue weighted by Crippen LogP contribution is 2.34. The second-order valence-electron chi connectivity index (χ2n) is 6.34. The number of aromatic nitrogens is 1. The van der Waals surface area contributed by atoms with Crippen LogP contribution in [0.15, 0.2) is 71.7 Å². The molecule has 0 radical (unpaired) electrons. The van der Waals surface area contributed by atoms with Gasteiger partial charge >= 0.3 is 6.18 Å². The number of carbonyl (C=O) groups excluding carboxylic acids is 1. The van der Waals surface area contributed by atoms with Crippen molar-refractivity contribution in [1.82, 2.24) is 4.57 Å². The number of pyridine rings is 1. The summed E-state index contributed by atoms with van der Waals surface area (Å²) in [5, 5.41) is 2.20. The first kappa shape index (κ1) is 19.4. The van der Waals surface area contributed by atoms with Crippen LogP contribution >= 0.6 is 0 Å². The molecule has 0 atom stereocenters. The van der Waals surface area contributed by atoms with E-state index in [1.807, 2.05) is 31.2 Å². The molecular weight excluding hydrogens is 369 g/mol. The minimum absolute atomic E-state index is 0.230. The number of hydrogen-bond donors (Lipinski definition) is 1. The Hall–Kier alpha value is -3.35. The quantitative estimate of drug-likeness (QED) is 0.719. The van der Waals surface area contributed by atoms with Gasteiger partial charge < -0.3 is 9.88 Å². The maximum Gasteiger partial charge on any atom is 0.418 e. The van der Waals surface area contributed by atoms with E-state index in [4.69, 9.17) is 0 Å². The van der Waals surface area contributed by atoms with Crippen molar-refractivity contribution in [2.24, 2.45) is 0 Å². The summed E-state index contributed by atoms with van der Waals surface area (Å²) in [4.78, 5) is 25.1. The molecule has 0 fully saturated rings. The number of aryl methyl sites for hydroxylation is 1. The number of amides is 1.